The average molecular weight is 241 g/mol. The average Bonchev–Trinajstić information content (AvgIpc) is 2.28. The van der Waals surface area contributed by atoms with E-state index in [-0.39, 0.29) is 0 Å². The summed E-state index contributed by atoms with van der Waals surface area (Å²) in [6, 6.07) is 0.717. The highest BCUT2D eigenvalue weighted by atomic mass is 16.3. The Labute approximate surface area is 107 Å². The van der Waals surface area contributed by atoms with Crippen molar-refractivity contribution in [2.75, 3.05) is 20.2 Å². The van der Waals surface area contributed by atoms with Gasteiger partial charge in [-0.05, 0) is 32.2 Å². The van der Waals surface area contributed by atoms with Crippen molar-refractivity contribution < 1.29 is 5.11 Å². The summed E-state index contributed by atoms with van der Waals surface area (Å²) in [6.07, 6.45) is 12.4. The summed E-state index contributed by atoms with van der Waals surface area (Å²) in [6.45, 7) is 3.43. The van der Waals surface area contributed by atoms with Gasteiger partial charge in [-0.15, -0.1) is 0 Å². The lowest BCUT2D eigenvalue weighted by atomic mass is 9.83. The molecule has 0 amide bonds. The molecule has 1 fully saturated rings. The molecule has 2 atom stereocenters. The maximum Gasteiger partial charge on any atom is 0.0558 e. The van der Waals surface area contributed by atoms with E-state index in [1.54, 1.807) is 0 Å². The maximum absolute atomic E-state index is 9.11. The van der Waals surface area contributed by atoms with Crippen LogP contribution in [0.15, 0.2) is 0 Å². The highest BCUT2D eigenvalue weighted by Gasteiger charge is 2.25. The summed E-state index contributed by atoms with van der Waals surface area (Å²) in [4.78, 5) is 2.41. The molecule has 0 aromatic carbocycles. The minimum atomic E-state index is 0.299. The Kier molecular flexibility index (Phi) is 7.87. The molecular weight excluding hydrogens is 210 g/mol. The van der Waals surface area contributed by atoms with Gasteiger partial charge in [0.05, 0.1) is 6.61 Å². The largest absolute Gasteiger partial charge is 0.395 e. The summed E-state index contributed by atoms with van der Waals surface area (Å²) in [5.41, 5.74) is 0. The zero-order valence-corrected chi connectivity index (χ0v) is 11.8. The monoisotopic (exact) mass is 241 g/mol. The normalized spacial score (nSPS) is 26.8. The first kappa shape index (κ1) is 15.0. The van der Waals surface area contributed by atoms with Crippen LogP contribution in [0, 0.1) is 5.92 Å². The lowest BCUT2D eigenvalue weighted by Gasteiger charge is -2.36. The number of hydrogen-bond donors (Lipinski definition) is 1. The van der Waals surface area contributed by atoms with E-state index in [1.165, 1.54) is 57.8 Å². The Hall–Kier alpha value is -0.0800. The third-order valence-electron chi connectivity index (χ3n) is 4.32. The zero-order valence-electron chi connectivity index (χ0n) is 11.8. The molecule has 0 spiro atoms. The zero-order chi connectivity index (χ0) is 12.5. The van der Waals surface area contributed by atoms with Gasteiger partial charge < -0.3 is 10.0 Å². The summed E-state index contributed by atoms with van der Waals surface area (Å²) in [5, 5.41) is 9.11. The number of aliphatic hydroxyl groups is 1. The third kappa shape index (κ3) is 5.39. The van der Waals surface area contributed by atoms with E-state index in [2.05, 4.69) is 18.9 Å². The molecule has 0 aromatic rings. The lowest BCUT2D eigenvalue weighted by Crippen LogP contribution is -2.40. The van der Waals surface area contributed by atoms with Gasteiger partial charge in [0, 0.05) is 12.6 Å². The molecule has 2 unspecified atom stereocenters. The second-order valence-corrected chi connectivity index (χ2v) is 5.67. The summed E-state index contributed by atoms with van der Waals surface area (Å²) >= 11 is 0. The highest BCUT2D eigenvalue weighted by Crippen LogP contribution is 2.29. The molecule has 1 aliphatic carbocycles. The second-order valence-electron chi connectivity index (χ2n) is 5.67. The van der Waals surface area contributed by atoms with Crippen LogP contribution < -0.4 is 0 Å². The van der Waals surface area contributed by atoms with Crippen LogP contribution in [0.1, 0.15) is 64.7 Å². The summed E-state index contributed by atoms with van der Waals surface area (Å²) in [5.74, 6) is 0.867. The van der Waals surface area contributed by atoms with E-state index in [0.717, 1.165) is 12.5 Å². The third-order valence-corrected chi connectivity index (χ3v) is 4.32. The van der Waals surface area contributed by atoms with Crippen molar-refractivity contribution in [2.45, 2.75) is 70.8 Å². The number of nitrogens with zero attached hydrogens (tertiary/aromatic N) is 1. The van der Waals surface area contributed by atoms with E-state index in [9.17, 15) is 0 Å². The maximum atomic E-state index is 9.11. The van der Waals surface area contributed by atoms with Gasteiger partial charge in [-0.1, -0.05) is 45.4 Å². The summed E-state index contributed by atoms with van der Waals surface area (Å²) < 4.78 is 0. The van der Waals surface area contributed by atoms with Crippen molar-refractivity contribution in [3.05, 3.63) is 0 Å². The predicted octanol–water partition coefficient (Wildman–Crippen LogP) is 3.44. The molecular formula is C15H31NO. The standard InChI is InChI=1S/C15H31NO/c1-3-4-9-14-10-7-5-6-8-11-15(14)16(2)12-13-17/h14-15,17H,3-13H2,1-2H3. The quantitative estimate of drug-likeness (QED) is 0.770. The molecule has 0 radical (unpaired) electrons. The van der Waals surface area contributed by atoms with Crippen LogP contribution in [0.5, 0.6) is 0 Å². The van der Waals surface area contributed by atoms with Crippen molar-refractivity contribution >= 4 is 0 Å². The molecule has 17 heavy (non-hydrogen) atoms. The van der Waals surface area contributed by atoms with Gasteiger partial charge in [0.1, 0.15) is 0 Å². The van der Waals surface area contributed by atoms with Crippen molar-refractivity contribution in [3.63, 3.8) is 0 Å². The highest BCUT2D eigenvalue weighted by molar-refractivity contribution is 4.79. The minimum Gasteiger partial charge on any atom is -0.395 e. The molecule has 0 aromatic heterocycles. The van der Waals surface area contributed by atoms with Gasteiger partial charge >= 0.3 is 0 Å². The van der Waals surface area contributed by atoms with E-state index >= 15 is 0 Å². The number of likely N-dealkylation sites (N-methyl/N-ethyl adjacent to an activating group) is 1. The van der Waals surface area contributed by atoms with E-state index < -0.39 is 0 Å². The molecule has 2 nitrogen and oxygen atoms in total. The smallest absolute Gasteiger partial charge is 0.0558 e. The predicted molar refractivity (Wildman–Crippen MR) is 74.2 cm³/mol. The Morgan fingerprint density at radius 1 is 1.12 bits per heavy atom. The molecule has 1 N–H and O–H groups in total. The van der Waals surface area contributed by atoms with Crippen molar-refractivity contribution in [3.8, 4) is 0 Å². The molecule has 2 heteroatoms. The van der Waals surface area contributed by atoms with Crippen LogP contribution >= 0.6 is 0 Å². The number of aliphatic hydroxyl groups excluding tert-OH is 1. The van der Waals surface area contributed by atoms with E-state index in [1.807, 2.05) is 0 Å². The van der Waals surface area contributed by atoms with Crippen LogP contribution in [-0.4, -0.2) is 36.2 Å². The molecule has 0 heterocycles. The molecule has 102 valence electrons. The van der Waals surface area contributed by atoms with Crippen LogP contribution in [0.2, 0.25) is 0 Å². The second kappa shape index (κ2) is 8.93. The number of rotatable bonds is 6. The molecule has 0 saturated heterocycles. The van der Waals surface area contributed by atoms with Crippen LogP contribution in [0.3, 0.4) is 0 Å². The lowest BCUT2D eigenvalue weighted by molar-refractivity contribution is 0.113. The fourth-order valence-corrected chi connectivity index (χ4v) is 3.25. The first-order valence-electron chi connectivity index (χ1n) is 7.60. The van der Waals surface area contributed by atoms with Crippen LogP contribution in [-0.2, 0) is 0 Å². The SMILES string of the molecule is CCCCC1CCCCCCC1N(C)CCO. The van der Waals surface area contributed by atoms with Gasteiger partial charge in [0.25, 0.3) is 0 Å². The topological polar surface area (TPSA) is 23.5 Å². The number of unbranched alkanes of at least 4 members (excludes halogenated alkanes) is 1. The molecule has 1 saturated carbocycles. The summed E-state index contributed by atoms with van der Waals surface area (Å²) in [7, 11) is 2.20. The molecule has 0 aliphatic heterocycles. The Bertz CT molecular complexity index is 182. The molecule has 1 aliphatic rings. The fraction of sp³-hybridized carbons (Fsp3) is 1.00. The Morgan fingerprint density at radius 3 is 2.47 bits per heavy atom. The van der Waals surface area contributed by atoms with Crippen LogP contribution in [0.4, 0.5) is 0 Å². The van der Waals surface area contributed by atoms with E-state index in [0.29, 0.717) is 12.6 Å². The first-order valence-corrected chi connectivity index (χ1v) is 7.60. The minimum absolute atomic E-state index is 0.299. The molecule has 1 rings (SSSR count). The van der Waals surface area contributed by atoms with Crippen molar-refractivity contribution in [1.29, 1.82) is 0 Å². The van der Waals surface area contributed by atoms with E-state index in [4.69, 9.17) is 5.11 Å². The van der Waals surface area contributed by atoms with Gasteiger partial charge in [0.2, 0.25) is 0 Å². The van der Waals surface area contributed by atoms with Crippen molar-refractivity contribution in [2.24, 2.45) is 5.92 Å². The molecule has 0 bridgehead atoms. The van der Waals surface area contributed by atoms with Gasteiger partial charge in [-0.25, -0.2) is 0 Å². The Balaban J connectivity index is 2.54. The first-order chi connectivity index (χ1) is 8.29. The fourth-order valence-electron chi connectivity index (χ4n) is 3.25. The van der Waals surface area contributed by atoms with Gasteiger partial charge in [-0.2, -0.15) is 0 Å². The van der Waals surface area contributed by atoms with Crippen molar-refractivity contribution in [1.82, 2.24) is 4.90 Å². The number of hydrogen-bond acceptors (Lipinski definition) is 2. The Morgan fingerprint density at radius 2 is 1.82 bits per heavy atom. The van der Waals surface area contributed by atoms with Gasteiger partial charge in [0.15, 0.2) is 0 Å². The van der Waals surface area contributed by atoms with Gasteiger partial charge in [-0.3, -0.25) is 0 Å². The van der Waals surface area contributed by atoms with Crippen LogP contribution in [0.25, 0.3) is 0 Å².